The molecule has 0 saturated carbocycles. The van der Waals surface area contributed by atoms with E-state index in [9.17, 15) is 10.1 Å². The molecule has 0 N–H and O–H groups in total. The zero-order chi connectivity index (χ0) is 17.7. The third kappa shape index (κ3) is 5.13. The number of nitrogens with zero attached hydrogens (tertiary/aromatic N) is 5. The second-order valence-electron chi connectivity index (χ2n) is 6.88. The van der Waals surface area contributed by atoms with Crippen LogP contribution in [0.3, 0.4) is 0 Å². The van der Waals surface area contributed by atoms with Crippen molar-refractivity contribution in [3.63, 3.8) is 0 Å². The third-order valence-corrected chi connectivity index (χ3v) is 3.44. The van der Waals surface area contributed by atoms with E-state index < -0.39 is 4.92 Å². The first-order valence-electron chi connectivity index (χ1n) is 8.21. The SMILES string of the molecule is CC(C)CN(CC(C)C)Cn1cnc(-c2cccc([N+](=O)[O-])c2)n1. The highest BCUT2D eigenvalue weighted by atomic mass is 16.6. The molecule has 0 amide bonds. The molecule has 0 saturated heterocycles. The van der Waals surface area contributed by atoms with E-state index in [0.29, 0.717) is 29.9 Å². The summed E-state index contributed by atoms with van der Waals surface area (Å²) in [5.41, 5.74) is 0.701. The van der Waals surface area contributed by atoms with Crippen LogP contribution in [0, 0.1) is 22.0 Å². The lowest BCUT2D eigenvalue weighted by Crippen LogP contribution is -2.33. The Bertz CT molecular complexity index is 671. The zero-order valence-electron chi connectivity index (χ0n) is 14.7. The highest BCUT2D eigenvalue weighted by Gasteiger charge is 2.13. The van der Waals surface area contributed by atoms with Gasteiger partial charge in [-0.15, -0.1) is 5.10 Å². The Morgan fingerprint density at radius 3 is 2.46 bits per heavy atom. The number of aromatic nitrogens is 3. The molecule has 0 aliphatic carbocycles. The van der Waals surface area contributed by atoms with Crippen LogP contribution in [0.15, 0.2) is 30.6 Å². The van der Waals surface area contributed by atoms with Gasteiger partial charge in [0.2, 0.25) is 0 Å². The predicted octanol–water partition coefficient (Wildman–Crippen LogP) is 3.42. The van der Waals surface area contributed by atoms with Gasteiger partial charge in [-0.25, -0.2) is 9.67 Å². The number of hydrogen-bond donors (Lipinski definition) is 0. The van der Waals surface area contributed by atoms with Gasteiger partial charge in [0.15, 0.2) is 5.82 Å². The molecule has 1 aromatic carbocycles. The van der Waals surface area contributed by atoms with E-state index in [0.717, 1.165) is 13.1 Å². The second kappa shape index (κ2) is 8.01. The Morgan fingerprint density at radius 2 is 1.88 bits per heavy atom. The lowest BCUT2D eigenvalue weighted by atomic mass is 10.1. The monoisotopic (exact) mass is 331 g/mol. The Kier molecular flexibility index (Phi) is 6.03. The van der Waals surface area contributed by atoms with Gasteiger partial charge >= 0.3 is 0 Å². The van der Waals surface area contributed by atoms with Gasteiger partial charge in [-0.05, 0) is 11.8 Å². The highest BCUT2D eigenvalue weighted by molar-refractivity contribution is 5.58. The molecule has 0 unspecified atom stereocenters. The summed E-state index contributed by atoms with van der Waals surface area (Å²) >= 11 is 0. The summed E-state index contributed by atoms with van der Waals surface area (Å²) in [4.78, 5) is 17.1. The Hall–Kier alpha value is -2.28. The quantitative estimate of drug-likeness (QED) is 0.547. The minimum atomic E-state index is -0.409. The minimum Gasteiger partial charge on any atom is -0.284 e. The van der Waals surface area contributed by atoms with Crippen LogP contribution in [0.25, 0.3) is 11.4 Å². The molecule has 0 aliphatic rings. The topological polar surface area (TPSA) is 77.1 Å². The van der Waals surface area contributed by atoms with Crippen LogP contribution in [-0.4, -0.2) is 37.7 Å². The van der Waals surface area contributed by atoms with Crippen LogP contribution < -0.4 is 0 Å². The van der Waals surface area contributed by atoms with E-state index in [1.165, 1.54) is 12.1 Å². The molecule has 7 heteroatoms. The van der Waals surface area contributed by atoms with Crippen molar-refractivity contribution in [3.05, 3.63) is 40.7 Å². The van der Waals surface area contributed by atoms with Crippen molar-refractivity contribution in [1.29, 1.82) is 0 Å². The number of benzene rings is 1. The number of non-ortho nitro benzene ring substituents is 1. The van der Waals surface area contributed by atoms with E-state index in [4.69, 9.17) is 0 Å². The number of nitro groups is 1. The van der Waals surface area contributed by atoms with Crippen LogP contribution in [0.1, 0.15) is 27.7 Å². The summed E-state index contributed by atoms with van der Waals surface area (Å²) in [6.45, 7) is 11.4. The fraction of sp³-hybridized carbons (Fsp3) is 0.529. The van der Waals surface area contributed by atoms with Crippen molar-refractivity contribution in [2.45, 2.75) is 34.4 Å². The molecule has 0 fully saturated rings. The van der Waals surface area contributed by atoms with Crippen molar-refractivity contribution < 1.29 is 4.92 Å². The molecule has 0 radical (unpaired) electrons. The Morgan fingerprint density at radius 1 is 1.21 bits per heavy atom. The Balaban J connectivity index is 2.14. The van der Waals surface area contributed by atoms with Crippen molar-refractivity contribution in [2.75, 3.05) is 13.1 Å². The standard InChI is InChI=1S/C17H25N5O2/c1-13(2)9-20(10-14(3)4)12-21-11-18-17(19-21)15-6-5-7-16(8-15)22(23)24/h5-8,11,13-14H,9-10,12H2,1-4H3. The summed E-state index contributed by atoms with van der Waals surface area (Å²) in [7, 11) is 0. The van der Waals surface area contributed by atoms with Gasteiger partial charge in [0, 0.05) is 30.8 Å². The third-order valence-electron chi connectivity index (χ3n) is 3.44. The summed E-state index contributed by atoms with van der Waals surface area (Å²) in [6.07, 6.45) is 1.68. The molecule has 1 aromatic heterocycles. The van der Waals surface area contributed by atoms with Crippen LogP contribution in [0.2, 0.25) is 0 Å². The first-order valence-corrected chi connectivity index (χ1v) is 8.21. The second-order valence-corrected chi connectivity index (χ2v) is 6.88. The first kappa shape index (κ1) is 18.1. The molecule has 0 spiro atoms. The normalized spacial score (nSPS) is 11.6. The van der Waals surface area contributed by atoms with Crippen LogP contribution in [0.4, 0.5) is 5.69 Å². The van der Waals surface area contributed by atoms with Gasteiger partial charge in [-0.3, -0.25) is 15.0 Å². The molecule has 130 valence electrons. The lowest BCUT2D eigenvalue weighted by molar-refractivity contribution is -0.384. The minimum absolute atomic E-state index is 0.0464. The van der Waals surface area contributed by atoms with Gasteiger partial charge < -0.3 is 0 Å². The van der Waals surface area contributed by atoms with Gasteiger partial charge in [-0.2, -0.15) is 0 Å². The van der Waals surface area contributed by atoms with E-state index in [1.54, 1.807) is 23.1 Å². The molecular formula is C17H25N5O2. The summed E-state index contributed by atoms with van der Waals surface area (Å²) < 4.78 is 1.79. The van der Waals surface area contributed by atoms with E-state index in [1.807, 2.05) is 0 Å². The van der Waals surface area contributed by atoms with Crippen molar-refractivity contribution in [3.8, 4) is 11.4 Å². The first-order chi connectivity index (χ1) is 11.3. The number of rotatable bonds is 8. The van der Waals surface area contributed by atoms with Crippen LogP contribution in [0.5, 0.6) is 0 Å². The fourth-order valence-electron chi connectivity index (χ4n) is 2.68. The average molecular weight is 331 g/mol. The van der Waals surface area contributed by atoms with Crippen LogP contribution >= 0.6 is 0 Å². The zero-order valence-corrected chi connectivity index (χ0v) is 14.7. The highest BCUT2D eigenvalue weighted by Crippen LogP contribution is 2.20. The molecule has 0 aliphatic heterocycles. The van der Waals surface area contributed by atoms with Gasteiger partial charge in [0.1, 0.15) is 6.33 Å². The van der Waals surface area contributed by atoms with Crippen molar-refractivity contribution >= 4 is 5.69 Å². The molecular weight excluding hydrogens is 306 g/mol. The summed E-state index contributed by atoms with van der Waals surface area (Å²) in [5, 5.41) is 15.4. The molecule has 1 heterocycles. The summed E-state index contributed by atoms with van der Waals surface area (Å²) in [6, 6.07) is 6.40. The molecule has 2 rings (SSSR count). The number of nitro benzene ring substituents is 1. The van der Waals surface area contributed by atoms with Gasteiger partial charge in [0.05, 0.1) is 11.6 Å². The van der Waals surface area contributed by atoms with E-state index in [-0.39, 0.29) is 5.69 Å². The molecule has 7 nitrogen and oxygen atoms in total. The van der Waals surface area contributed by atoms with Crippen LogP contribution in [-0.2, 0) is 6.67 Å². The Labute approximate surface area is 142 Å². The maximum atomic E-state index is 10.9. The van der Waals surface area contributed by atoms with Crippen molar-refractivity contribution in [1.82, 2.24) is 19.7 Å². The molecule has 24 heavy (non-hydrogen) atoms. The van der Waals surface area contributed by atoms with Gasteiger partial charge in [0.25, 0.3) is 5.69 Å². The molecule has 0 bridgehead atoms. The smallest absolute Gasteiger partial charge is 0.270 e. The van der Waals surface area contributed by atoms with Crippen molar-refractivity contribution in [2.24, 2.45) is 11.8 Å². The summed E-state index contributed by atoms with van der Waals surface area (Å²) in [5.74, 6) is 1.65. The maximum Gasteiger partial charge on any atom is 0.270 e. The lowest BCUT2D eigenvalue weighted by Gasteiger charge is -2.25. The largest absolute Gasteiger partial charge is 0.284 e. The fourth-order valence-corrected chi connectivity index (χ4v) is 2.68. The van der Waals surface area contributed by atoms with Gasteiger partial charge in [-0.1, -0.05) is 39.8 Å². The molecule has 0 atom stereocenters. The maximum absolute atomic E-state index is 10.9. The number of hydrogen-bond acceptors (Lipinski definition) is 5. The predicted molar refractivity (Wildman–Crippen MR) is 93.4 cm³/mol. The average Bonchev–Trinajstić information content (AvgIpc) is 2.94. The van der Waals surface area contributed by atoms with E-state index >= 15 is 0 Å². The van der Waals surface area contributed by atoms with E-state index in [2.05, 4.69) is 42.7 Å². The molecule has 2 aromatic rings.